The molecule has 0 aromatic carbocycles. The van der Waals surface area contributed by atoms with Gasteiger partial charge in [0.1, 0.15) is 0 Å². The Hall–Kier alpha value is -1.12. The zero-order valence-electron chi connectivity index (χ0n) is 11.9. The number of hydrogen-bond acceptors (Lipinski definition) is 4. The molecule has 0 radical (unpaired) electrons. The predicted octanol–water partition coefficient (Wildman–Crippen LogP) is 0.856. The monoisotopic (exact) mass is 266 g/mol. The molecular formula is C14H26N4O. The Labute approximate surface area is 116 Å². The Balaban J connectivity index is 2.47. The van der Waals surface area contributed by atoms with Crippen LogP contribution in [0.25, 0.3) is 0 Å². The zero-order chi connectivity index (χ0) is 14.1. The average molecular weight is 266 g/mol. The number of amides is 1. The zero-order valence-corrected chi connectivity index (χ0v) is 11.9. The third-order valence-electron chi connectivity index (χ3n) is 3.95. The molecule has 0 spiro atoms. The summed E-state index contributed by atoms with van der Waals surface area (Å²) >= 11 is 0. The van der Waals surface area contributed by atoms with E-state index >= 15 is 0 Å². The molecule has 1 amide bonds. The van der Waals surface area contributed by atoms with Crippen LogP contribution in [0.1, 0.15) is 39.0 Å². The number of nitrogens with zero attached hydrogens (tertiary/aromatic N) is 2. The number of hydrogen-bond donors (Lipinski definition) is 2. The van der Waals surface area contributed by atoms with Crippen LogP contribution in [0.3, 0.4) is 0 Å². The molecule has 108 valence electrons. The summed E-state index contributed by atoms with van der Waals surface area (Å²) in [6, 6.07) is 2.46. The van der Waals surface area contributed by atoms with E-state index in [0.29, 0.717) is 38.0 Å². The molecule has 0 bridgehead atoms. The topological polar surface area (TPSA) is 82.2 Å². The van der Waals surface area contributed by atoms with Crippen molar-refractivity contribution in [3.8, 4) is 6.07 Å². The molecule has 2 unspecified atom stereocenters. The predicted molar refractivity (Wildman–Crippen MR) is 75.3 cm³/mol. The van der Waals surface area contributed by atoms with Gasteiger partial charge < -0.3 is 11.1 Å². The van der Waals surface area contributed by atoms with Crippen molar-refractivity contribution >= 4 is 5.91 Å². The van der Waals surface area contributed by atoms with Crippen molar-refractivity contribution in [3.63, 3.8) is 0 Å². The quantitative estimate of drug-likeness (QED) is 0.669. The summed E-state index contributed by atoms with van der Waals surface area (Å²) in [6.45, 7) is 4.52. The number of likely N-dealkylation sites (N-methyl/N-ethyl adjacent to an activating group) is 1. The average Bonchev–Trinajstić information content (AvgIpc) is 2.45. The van der Waals surface area contributed by atoms with Gasteiger partial charge in [0, 0.05) is 12.6 Å². The van der Waals surface area contributed by atoms with Gasteiger partial charge in [-0.25, -0.2) is 0 Å². The van der Waals surface area contributed by atoms with E-state index in [4.69, 9.17) is 11.0 Å². The Morgan fingerprint density at radius 2 is 2.21 bits per heavy atom. The number of nitriles is 1. The highest BCUT2D eigenvalue weighted by atomic mass is 16.2. The number of nitrogens with two attached hydrogens (primary N) is 1. The van der Waals surface area contributed by atoms with Gasteiger partial charge >= 0.3 is 0 Å². The first-order valence-corrected chi connectivity index (χ1v) is 7.30. The second kappa shape index (κ2) is 8.89. The summed E-state index contributed by atoms with van der Waals surface area (Å²) in [4.78, 5) is 14.1. The van der Waals surface area contributed by atoms with Crippen molar-refractivity contribution in [1.82, 2.24) is 10.2 Å². The molecular weight excluding hydrogens is 240 g/mol. The van der Waals surface area contributed by atoms with Crippen molar-refractivity contribution in [3.05, 3.63) is 0 Å². The van der Waals surface area contributed by atoms with E-state index in [-0.39, 0.29) is 5.91 Å². The largest absolute Gasteiger partial charge is 0.354 e. The molecule has 1 saturated carbocycles. The molecule has 3 N–H and O–H groups in total. The highest BCUT2D eigenvalue weighted by Gasteiger charge is 2.29. The van der Waals surface area contributed by atoms with Crippen LogP contribution in [0.4, 0.5) is 0 Å². The second-order valence-corrected chi connectivity index (χ2v) is 5.17. The van der Waals surface area contributed by atoms with E-state index in [9.17, 15) is 4.79 Å². The maximum atomic E-state index is 11.8. The van der Waals surface area contributed by atoms with Crippen LogP contribution in [-0.4, -0.2) is 43.0 Å². The summed E-state index contributed by atoms with van der Waals surface area (Å²) in [7, 11) is 0. The molecule has 5 heteroatoms. The van der Waals surface area contributed by atoms with Crippen molar-refractivity contribution in [2.75, 3.05) is 26.2 Å². The summed E-state index contributed by atoms with van der Waals surface area (Å²) < 4.78 is 0. The standard InChI is InChI=1S/C14H26N4O/c1-2-18(11-14(19)17-9-5-8-15)13-7-4-3-6-12(13)10-16/h12-13H,2-7,9-11,16H2,1H3,(H,17,19). The third kappa shape index (κ3) is 5.17. The first-order valence-electron chi connectivity index (χ1n) is 7.30. The molecule has 0 aromatic rings. The molecule has 1 aliphatic rings. The van der Waals surface area contributed by atoms with Gasteiger partial charge in [-0.1, -0.05) is 19.8 Å². The first-order chi connectivity index (χ1) is 9.22. The Kier molecular flexibility index (Phi) is 7.46. The number of rotatable bonds is 7. The van der Waals surface area contributed by atoms with Gasteiger partial charge in [-0.2, -0.15) is 5.26 Å². The molecule has 1 rings (SSSR count). The van der Waals surface area contributed by atoms with E-state index < -0.39 is 0 Å². The minimum Gasteiger partial charge on any atom is -0.354 e. The molecule has 5 nitrogen and oxygen atoms in total. The molecule has 1 aliphatic carbocycles. The normalized spacial score (nSPS) is 23.1. The summed E-state index contributed by atoms with van der Waals surface area (Å²) in [5.74, 6) is 0.527. The van der Waals surface area contributed by atoms with Crippen LogP contribution in [0.5, 0.6) is 0 Å². The molecule has 19 heavy (non-hydrogen) atoms. The fourth-order valence-corrected chi connectivity index (χ4v) is 2.91. The van der Waals surface area contributed by atoms with Gasteiger partial charge in [-0.3, -0.25) is 9.69 Å². The minimum absolute atomic E-state index is 0.0124. The van der Waals surface area contributed by atoms with Gasteiger partial charge in [0.15, 0.2) is 0 Å². The summed E-state index contributed by atoms with van der Waals surface area (Å²) in [6.07, 6.45) is 5.17. The summed E-state index contributed by atoms with van der Waals surface area (Å²) in [5.41, 5.74) is 5.85. The SMILES string of the molecule is CCN(CC(=O)NCCC#N)C1CCCCC1CN. The first kappa shape index (κ1) is 15.9. The van der Waals surface area contributed by atoms with Crippen molar-refractivity contribution in [2.24, 2.45) is 11.7 Å². The molecule has 0 heterocycles. The molecule has 0 aromatic heterocycles. The number of carbonyl (C=O) groups excluding carboxylic acids is 1. The fourth-order valence-electron chi connectivity index (χ4n) is 2.91. The minimum atomic E-state index is 0.0124. The summed E-state index contributed by atoms with van der Waals surface area (Å²) in [5, 5.41) is 11.2. The maximum Gasteiger partial charge on any atom is 0.234 e. The van der Waals surface area contributed by atoms with Crippen LogP contribution in [-0.2, 0) is 4.79 Å². The molecule has 0 aliphatic heterocycles. The Morgan fingerprint density at radius 3 is 2.84 bits per heavy atom. The van der Waals surface area contributed by atoms with Crippen LogP contribution in [0.2, 0.25) is 0 Å². The van der Waals surface area contributed by atoms with Crippen LogP contribution in [0, 0.1) is 17.2 Å². The maximum absolute atomic E-state index is 11.8. The van der Waals surface area contributed by atoms with Gasteiger partial charge in [0.25, 0.3) is 0 Å². The van der Waals surface area contributed by atoms with Crippen molar-refractivity contribution in [2.45, 2.75) is 45.1 Å². The highest BCUT2D eigenvalue weighted by Crippen LogP contribution is 2.27. The molecule has 2 atom stereocenters. The van der Waals surface area contributed by atoms with Crippen LogP contribution < -0.4 is 11.1 Å². The van der Waals surface area contributed by atoms with Gasteiger partial charge in [-0.15, -0.1) is 0 Å². The highest BCUT2D eigenvalue weighted by molar-refractivity contribution is 5.78. The van der Waals surface area contributed by atoms with Gasteiger partial charge in [-0.05, 0) is 31.8 Å². The number of nitrogens with one attached hydrogen (secondary N) is 1. The fraction of sp³-hybridized carbons (Fsp3) is 0.857. The Bertz CT molecular complexity index is 313. The van der Waals surface area contributed by atoms with Crippen LogP contribution in [0.15, 0.2) is 0 Å². The second-order valence-electron chi connectivity index (χ2n) is 5.17. The third-order valence-corrected chi connectivity index (χ3v) is 3.95. The molecule has 0 saturated heterocycles. The van der Waals surface area contributed by atoms with E-state index in [1.165, 1.54) is 19.3 Å². The lowest BCUT2D eigenvalue weighted by Gasteiger charge is -2.38. The van der Waals surface area contributed by atoms with Crippen LogP contribution >= 0.6 is 0 Å². The van der Waals surface area contributed by atoms with Crippen molar-refractivity contribution in [1.29, 1.82) is 5.26 Å². The van der Waals surface area contributed by atoms with E-state index in [1.807, 2.05) is 6.07 Å². The van der Waals surface area contributed by atoms with E-state index in [0.717, 1.165) is 13.0 Å². The Morgan fingerprint density at radius 1 is 1.47 bits per heavy atom. The molecule has 1 fully saturated rings. The van der Waals surface area contributed by atoms with Crippen molar-refractivity contribution < 1.29 is 4.79 Å². The van der Waals surface area contributed by atoms with Gasteiger partial charge in [0.05, 0.1) is 19.0 Å². The lowest BCUT2D eigenvalue weighted by atomic mass is 9.83. The lowest BCUT2D eigenvalue weighted by molar-refractivity contribution is -0.123. The smallest absolute Gasteiger partial charge is 0.234 e. The lowest BCUT2D eigenvalue weighted by Crippen LogP contribution is -2.49. The van der Waals surface area contributed by atoms with Gasteiger partial charge in [0.2, 0.25) is 5.91 Å². The van der Waals surface area contributed by atoms with E-state index in [1.54, 1.807) is 0 Å². The van der Waals surface area contributed by atoms with E-state index in [2.05, 4.69) is 17.1 Å². The number of carbonyl (C=O) groups is 1.